The predicted octanol–water partition coefficient (Wildman–Crippen LogP) is 1.56. The number of hydrogen-bond acceptors (Lipinski definition) is 1. The monoisotopic (exact) mass is 235 g/mol. The molecule has 0 saturated carbocycles. The maximum absolute atomic E-state index is 5.62. The van der Waals surface area contributed by atoms with Crippen molar-refractivity contribution in [2.45, 2.75) is 6.92 Å². The molecule has 0 aromatic rings. The van der Waals surface area contributed by atoms with E-state index in [-0.39, 0.29) is 20.7 Å². The van der Waals surface area contributed by atoms with E-state index in [4.69, 9.17) is 5.73 Å². The van der Waals surface area contributed by atoms with Crippen molar-refractivity contribution in [3.8, 4) is 0 Å². The second kappa shape index (κ2) is 3.15. The number of nitrogens with two attached hydrogens (primary N) is 1. The van der Waals surface area contributed by atoms with Crippen LogP contribution < -0.4 is 5.73 Å². The van der Waals surface area contributed by atoms with Gasteiger partial charge in [0.1, 0.15) is 0 Å². The largest absolute Gasteiger partial charge is 0.401 e. The molecule has 0 radical (unpaired) electrons. The normalized spacial score (nSPS) is 19.2. The van der Waals surface area contributed by atoms with Gasteiger partial charge in [0.15, 0.2) is 0 Å². The van der Waals surface area contributed by atoms with E-state index < -0.39 is 0 Å². The van der Waals surface area contributed by atoms with Crippen molar-refractivity contribution in [3.63, 3.8) is 0 Å². The molecule has 1 aliphatic heterocycles. The minimum Gasteiger partial charge on any atom is -0.401 e. The molecule has 2 heteroatoms. The number of allylic oxidation sites excluding steroid dienone is 4. The molecule has 0 unspecified atom stereocenters. The summed E-state index contributed by atoms with van der Waals surface area (Å²) in [5, 5.41) is 0. The molecule has 1 aliphatic rings. The zero-order valence-electron chi connectivity index (χ0n) is 5.39. The Labute approximate surface area is 65.4 Å². The molecule has 0 saturated heterocycles. The maximum atomic E-state index is 5.62. The summed E-state index contributed by atoms with van der Waals surface area (Å²) >= 11 is 0.220. The lowest BCUT2D eigenvalue weighted by Crippen LogP contribution is -1.95. The van der Waals surface area contributed by atoms with E-state index in [0.717, 1.165) is 10.1 Å². The molecule has 0 aromatic carbocycles. The van der Waals surface area contributed by atoms with Crippen LogP contribution in [0.3, 0.4) is 0 Å². The van der Waals surface area contributed by atoms with Crippen molar-refractivity contribution >= 4 is 24.7 Å². The van der Waals surface area contributed by atoms with Crippen molar-refractivity contribution in [2.24, 2.45) is 5.73 Å². The van der Waals surface area contributed by atoms with E-state index in [0.29, 0.717) is 0 Å². The molecule has 0 bridgehead atoms. The Kier molecular flexibility index (Phi) is 2.45. The lowest BCUT2D eigenvalue weighted by molar-refractivity contribution is 1.35. The first-order valence-electron chi connectivity index (χ1n) is 2.83. The highest BCUT2D eigenvalue weighted by atomic mass is 127. The third-order valence-corrected chi connectivity index (χ3v) is 3.79. The number of hydrogen-bond donors (Lipinski definition) is 1. The first-order valence-corrected chi connectivity index (χ1v) is 5.60. The molecule has 0 aromatic heterocycles. The first-order chi connectivity index (χ1) is 4.29. The Morgan fingerprint density at radius 1 is 1.56 bits per heavy atom. The summed E-state index contributed by atoms with van der Waals surface area (Å²) in [6.45, 7) is 2.12. The van der Waals surface area contributed by atoms with Gasteiger partial charge in [-0.3, -0.25) is 0 Å². The lowest BCUT2D eigenvalue weighted by atomic mass is 10.3. The van der Waals surface area contributed by atoms with E-state index in [1.807, 2.05) is 6.08 Å². The van der Waals surface area contributed by atoms with Gasteiger partial charge in [-0.2, -0.15) is 0 Å². The van der Waals surface area contributed by atoms with Gasteiger partial charge < -0.3 is 5.73 Å². The van der Waals surface area contributed by atoms with Crippen LogP contribution in [0.25, 0.3) is 0 Å². The fourth-order valence-corrected chi connectivity index (χ4v) is 2.45. The van der Waals surface area contributed by atoms with E-state index >= 15 is 0 Å². The zero-order valence-corrected chi connectivity index (χ0v) is 7.55. The standard InChI is InChI=1S/C7H10IN/c1-6-2-3-7(9)5-8-4-6/h2-4H,5,9H2,1H3. The summed E-state index contributed by atoms with van der Waals surface area (Å²) in [7, 11) is 0. The van der Waals surface area contributed by atoms with Crippen molar-refractivity contribution < 1.29 is 0 Å². The molecular formula is C7H10IN. The molecule has 0 atom stereocenters. The van der Waals surface area contributed by atoms with Gasteiger partial charge in [-0.25, -0.2) is 0 Å². The van der Waals surface area contributed by atoms with E-state index in [1.165, 1.54) is 5.57 Å². The van der Waals surface area contributed by atoms with Gasteiger partial charge in [0.05, 0.1) is 0 Å². The van der Waals surface area contributed by atoms with Gasteiger partial charge >= 0.3 is 0 Å². The molecular weight excluding hydrogens is 225 g/mol. The van der Waals surface area contributed by atoms with Crippen LogP contribution in [-0.4, -0.2) is 8.44 Å². The van der Waals surface area contributed by atoms with Gasteiger partial charge in [0.2, 0.25) is 0 Å². The number of halogens is 1. The molecule has 1 rings (SSSR count). The van der Waals surface area contributed by atoms with Gasteiger partial charge in [-0.05, 0) is 22.6 Å². The molecule has 1 heterocycles. The Balaban J connectivity index is 2.80. The second-order valence-corrected chi connectivity index (χ2v) is 4.32. The molecule has 0 spiro atoms. The van der Waals surface area contributed by atoms with Crippen LogP contribution in [0.4, 0.5) is 0 Å². The summed E-state index contributed by atoms with van der Waals surface area (Å²) in [6, 6.07) is 0. The summed E-state index contributed by atoms with van der Waals surface area (Å²) < 4.78 is 3.43. The van der Waals surface area contributed by atoms with Gasteiger partial charge in [-0.1, -0.05) is 6.08 Å². The molecule has 2 N–H and O–H groups in total. The molecule has 9 heavy (non-hydrogen) atoms. The number of alkyl halides is 1. The van der Waals surface area contributed by atoms with Gasteiger partial charge in [0, 0.05) is 10.1 Å². The summed E-state index contributed by atoms with van der Waals surface area (Å²) in [5.41, 5.74) is 8.02. The van der Waals surface area contributed by atoms with Crippen LogP contribution in [0, 0.1) is 0 Å². The van der Waals surface area contributed by atoms with E-state index in [1.54, 1.807) is 0 Å². The maximum Gasteiger partial charge on any atom is 0.0345 e. The molecule has 0 aliphatic carbocycles. The minimum absolute atomic E-state index is 0.220. The second-order valence-electron chi connectivity index (χ2n) is 2.05. The molecule has 50 valence electrons. The van der Waals surface area contributed by atoms with Crippen LogP contribution >= 0.6 is 20.7 Å². The Hall–Kier alpha value is -0.120. The zero-order chi connectivity index (χ0) is 6.69. The van der Waals surface area contributed by atoms with E-state index in [2.05, 4.69) is 17.0 Å². The van der Waals surface area contributed by atoms with E-state index in [9.17, 15) is 0 Å². The fourth-order valence-electron chi connectivity index (χ4n) is 0.569. The molecule has 0 amide bonds. The van der Waals surface area contributed by atoms with Crippen molar-refractivity contribution in [1.82, 2.24) is 0 Å². The summed E-state index contributed by atoms with van der Waals surface area (Å²) in [4.78, 5) is 0. The van der Waals surface area contributed by atoms with Gasteiger partial charge in [0.25, 0.3) is 0 Å². The highest BCUT2D eigenvalue weighted by Gasteiger charge is 1.89. The van der Waals surface area contributed by atoms with Crippen LogP contribution in [0.1, 0.15) is 6.92 Å². The quantitative estimate of drug-likeness (QED) is 0.500. The molecule has 0 fully saturated rings. The lowest BCUT2D eigenvalue weighted by Gasteiger charge is -1.87. The van der Waals surface area contributed by atoms with Crippen LogP contribution in [0.2, 0.25) is 0 Å². The van der Waals surface area contributed by atoms with Crippen molar-refractivity contribution in [1.29, 1.82) is 0 Å². The highest BCUT2D eigenvalue weighted by molar-refractivity contribution is 14.2. The Morgan fingerprint density at radius 2 is 2.33 bits per heavy atom. The fraction of sp³-hybridized carbons (Fsp3) is 0.286. The average Bonchev–Trinajstić information content (AvgIpc) is 1.97. The third kappa shape index (κ3) is 2.30. The van der Waals surface area contributed by atoms with Crippen molar-refractivity contribution in [2.75, 3.05) is 4.43 Å². The van der Waals surface area contributed by atoms with Crippen molar-refractivity contribution in [3.05, 3.63) is 23.4 Å². The smallest absolute Gasteiger partial charge is 0.0345 e. The molecule has 1 nitrogen and oxygen atoms in total. The Bertz CT molecular complexity index is 189. The minimum atomic E-state index is 0.220. The van der Waals surface area contributed by atoms with Crippen LogP contribution in [-0.2, 0) is 0 Å². The predicted molar refractivity (Wildman–Crippen MR) is 51.0 cm³/mol. The topological polar surface area (TPSA) is 26.0 Å². The third-order valence-electron chi connectivity index (χ3n) is 1.04. The average molecular weight is 235 g/mol. The Morgan fingerprint density at radius 3 is 3.11 bits per heavy atom. The summed E-state index contributed by atoms with van der Waals surface area (Å²) in [5.74, 6) is 0. The highest BCUT2D eigenvalue weighted by Crippen LogP contribution is 2.08. The number of rotatable bonds is 0. The van der Waals surface area contributed by atoms with Crippen LogP contribution in [0.15, 0.2) is 23.4 Å². The summed E-state index contributed by atoms with van der Waals surface area (Å²) in [6.07, 6.45) is 4.10. The van der Waals surface area contributed by atoms with Gasteiger partial charge in [-0.15, -0.1) is 20.7 Å². The SMILES string of the molecule is CC1=CC=C(N)CI=C1. The van der Waals surface area contributed by atoms with Crippen LogP contribution in [0.5, 0.6) is 0 Å². The first kappa shape index (κ1) is 6.99.